The van der Waals surface area contributed by atoms with Gasteiger partial charge in [-0.05, 0) is 43.5 Å². The summed E-state index contributed by atoms with van der Waals surface area (Å²) in [5.74, 6) is 1.64. The Bertz CT molecular complexity index is 639. The monoisotopic (exact) mass is 302 g/mol. The molecule has 0 saturated carbocycles. The highest BCUT2D eigenvalue weighted by molar-refractivity contribution is 5.41. The number of aromatic hydroxyl groups is 1. The van der Waals surface area contributed by atoms with E-state index < -0.39 is 0 Å². The number of ether oxygens (including phenoxy) is 1. The summed E-state index contributed by atoms with van der Waals surface area (Å²) in [5, 5.41) is 14.0. The van der Waals surface area contributed by atoms with Gasteiger partial charge in [0, 0.05) is 12.6 Å². The second-order valence-corrected chi connectivity index (χ2v) is 5.71. The van der Waals surface area contributed by atoms with E-state index in [4.69, 9.17) is 9.26 Å². The van der Waals surface area contributed by atoms with Crippen molar-refractivity contribution in [1.29, 1.82) is 0 Å². The van der Waals surface area contributed by atoms with Gasteiger partial charge in [0.2, 0.25) is 0 Å². The molecule has 2 aromatic rings. The van der Waals surface area contributed by atoms with Gasteiger partial charge < -0.3 is 14.4 Å². The van der Waals surface area contributed by atoms with Crippen molar-refractivity contribution in [3.8, 4) is 11.5 Å². The SMILES string of the molecule is CCc1cc(C2CCCN2Cc2ccc(OC)c(O)c2)on1. The molecule has 1 aliphatic heterocycles. The lowest BCUT2D eigenvalue weighted by Gasteiger charge is -2.22. The van der Waals surface area contributed by atoms with E-state index in [1.807, 2.05) is 6.07 Å². The van der Waals surface area contributed by atoms with Crippen molar-refractivity contribution >= 4 is 0 Å². The summed E-state index contributed by atoms with van der Waals surface area (Å²) in [5.41, 5.74) is 2.07. The second-order valence-electron chi connectivity index (χ2n) is 5.71. The Morgan fingerprint density at radius 3 is 2.95 bits per heavy atom. The molecule has 118 valence electrons. The summed E-state index contributed by atoms with van der Waals surface area (Å²) in [6, 6.07) is 7.91. The molecule has 1 aromatic carbocycles. The van der Waals surface area contributed by atoms with Crippen molar-refractivity contribution in [2.75, 3.05) is 13.7 Å². The molecule has 1 aliphatic rings. The lowest BCUT2D eigenvalue weighted by molar-refractivity contribution is 0.206. The Balaban J connectivity index is 1.74. The number of rotatable bonds is 5. The molecule has 0 radical (unpaired) electrons. The maximum absolute atomic E-state index is 9.91. The molecular weight excluding hydrogens is 280 g/mol. The summed E-state index contributed by atoms with van der Waals surface area (Å²) in [6.45, 7) is 3.89. The number of hydrogen-bond donors (Lipinski definition) is 1. The lowest BCUT2D eigenvalue weighted by atomic mass is 10.1. The first-order valence-electron chi connectivity index (χ1n) is 7.76. The van der Waals surface area contributed by atoms with E-state index >= 15 is 0 Å². The van der Waals surface area contributed by atoms with Crippen LogP contribution < -0.4 is 4.74 Å². The number of aromatic nitrogens is 1. The van der Waals surface area contributed by atoms with Crippen molar-refractivity contribution in [3.05, 3.63) is 41.3 Å². The zero-order valence-electron chi connectivity index (χ0n) is 13.1. The van der Waals surface area contributed by atoms with Crippen LogP contribution in [0.2, 0.25) is 0 Å². The molecule has 22 heavy (non-hydrogen) atoms. The number of hydrogen-bond acceptors (Lipinski definition) is 5. The first-order chi connectivity index (χ1) is 10.7. The first kappa shape index (κ1) is 14.9. The van der Waals surface area contributed by atoms with Crippen molar-refractivity contribution < 1.29 is 14.4 Å². The zero-order valence-corrected chi connectivity index (χ0v) is 13.1. The van der Waals surface area contributed by atoms with Gasteiger partial charge in [-0.15, -0.1) is 0 Å². The van der Waals surface area contributed by atoms with Crippen molar-refractivity contribution in [2.24, 2.45) is 0 Å². The highest BCUT2D eigenvalue weighted by atomic mass is 16.5. The van der Waals surface area contributed by atoms with Crippen LogP contribution in [0.15, 0.2) is 28.8 Å². The van der Waals surface area contributed by atoms with E-state index in [1.54, 1.807) is 19.2 Å². The molecule has 1 saturated heterocycles. The number of benzene rings is 1. The molecule has 5 heteroatoms. The standard InChI is InChI=1S/C17H22N2O3/c1-3-13-10-17(22-18-13)14-5-4-8-19(14)11-12-6-7-16(21-2)15(20)9-12/h6-7,9-10,14,20H,3-5,8,11H2,1-2H3. The Kier molecular flexibility index (Phi) is 4.34. The quantitative estimate of drug-likeness (QED) is 0.918. The minimum atomic E-state index is 0.184. The number of nitrogens with zero attached hydrogens (tertiary/aromatic N) is 2. The number of phenolic OH excluding ortho intramolecular Hbond substituents is 1. The third kappa shape index (κ3) is 2.95. The van der Waals surface area contributed by atoms with Crippen LogP contribution in [0.4, 0.5) is 0 Å². The highest BCUT2D eigenvalue weighted by Crippen LogP contribution is 2.34. The normalized spacial score (nSPS) is 18.7. The van der Waals surface area contributed by atoms with Crippen molar-refractivity contribution in [1.82, 2.24) is 10.1 Å². The third-order valence-electron chi connectivity index (χ3n) is 4.26. The Hall–Kier alpha value is -2.01. The van der Waals surface area contributed by atoms with E-state index in [1.165, 1.54) is 0 Å². The predicted molar refractivity (Wildman–Crippen MR) is 82.9 cm³/mol. The van der Waals surface area contributed by atoms with Crippen LogP contribution in [-0.4, -0.2) is 28.8 Å². The number of aryl methyl sites for hydroxylation is 1. The predicted octanol–water partition coefficient (Wildman–Crippen LogP) is 3.29. The van der Waals surface area contributed by atoms with Gasteiger partial charge in [0.1, 0.15) is 0 Å². The van der Waals surface area contributed by atoms with Crippen LogP contribution in [0, 0.1) is 0 Å². The molecule has 0 bridgehead atoms. The second kappa shape index (κ2) is 6.40. The Morgan fingerprint density at radius 2 is 2.27 bits per heavy atom. The summed E-state index contributed by atoms with van der Waals surface area (Å²) < 4.78 is 10.6. The average Bonchev–Trinajstić information content (AvgIpc) is 3.15. The molecule has 5 nitrogen and oxygen atoms in total. The maximum atomic E-state index is 9.91. The van der Waals surface area contributed by atoms with Gasteiger partial charge in [0.25, 0.3) is 0 Å². The zero-order chi connectivity index (χ0) is 15.5. The van der Waals surface area contributed by atoms with E-state index in [2.05, 4.69) is 23.0 Å². The number of phenols is 1. The van der Waals surface area contributed by atoms with Gasteiger partial charge in [-0.25, -0.2) is 0 Å². The topological polar surface area (TPSA) is 58.7 Å². The molecule has 3 rings (SSSR count). The van der Waals surface area contributed by atoms with Crippen molar-refractivity contribution in [3.63, 3.8) is 0 Å². The summed E-state index contributed by atoms with van der Waals surface area (Å²) in [7, 11) is 1.56. The third-order valence-corrected chi connectivity index (χ3v) is 4.26. The summed E-state index contributed by atoms with van der Waals surface area (Å²) in [6.07, 6.45) is 3.12. The maximum Gasteiger partial charge on any atom is 0.160 e. The van der Waals surface area contributed by atoms with E-state index in [0.29, 0.717) is 5.75 Å². The van der Waals surface area contributed by atoms with E-state index in [0.717, 1.165) is 49.4 Å². The van der Waals surface area contributed by atoms with Crippen LogP contribution >= 0.6 is 0 Å². The lowest BCUT2D eigenvalue weighted by Crippen LogP contribution is -2.22. The fourth-order valence-electron chi connectivity index (χ4n) is 3.06. The molecule has 0 amide bonds. The van der Waals surface area contributed by atoms with Crippen LogP contribution in [0.3, 0.4) is 0 Å². The molecule has 1 fully saturated rings. The molecule has 2 heterocycles. The molecule has 0 spiro atoms. The molecular formula is C17H22N2O3. The Morgan fingerprint density at radius 1 is 1.41 bits per heavy atom. The number of likely N-dealkylation sites (tertiary alicyclic amines) is 1. The molecule has 0 aliphatic carbocycles. The molecule has 1 atom stereocenters. The minimum Gasteiger partial charge on any atom is -0.504 e. The van der Waals surface area contributed by atoms with Crippen LogP contribution in [0.1, 0.15) is 42.8 Å². The number of methoxy groups -OCH3 is 1. The van der Waals surface area contributed by atoms with Gasteiger partial charge in [-0.1, -0.05) is 18.1 Å². The molecule has 1 unspecified atom stereocenters. The largest absolute Gasteiger partial charge is 0.504 e. The van der Waals surface area contributed by atoms with Crippen LogP contribution in [-0.2, 0) is 13.0 Å². The Labute approximate surface area is 130 Å². The summed E-state index contributed by atoms with van der Waals surface area (Å²) in [4.78, 5) is 2.38. The van der Waals surface area contributed by atoms with Gasteiger partial charge in [0.15, 0.2) is 17.3 Å². The highest BCUT2D eigenvalue weighted by Gasteiger charge is 2.29. The van der Waals surface area contributed by atoms with E-state index in [9.17, 15) is 5.11 Å². The van der Waals surface area contributed by atoms with Gasteiger partial charge in [-0.3, -0.25) is 4.90 Å². The van der Waals surface area contributed by atoms with Crippen LogP contribution in [0.5, 0.6) is 11.5 Å². The first-order valence-corrected chi connectivity index (χ1v) is 7.76. The van der Waals surface area contributed by atoms with Gasteiger partial charge in [-0.2, -0.15) is 0 Å². The van der Waals surface area contributed by atoms with Gasteiger partial charge >= 0.3 is 0 Å². The minimum absolute atomic E-state index is 0.184. The summed E-state index contributed by atoms with van der Waals surface area (Å²) >= 11 is 0. The molecule has 1 aromatic heterocycles. The average molecular weight is 302 g/mol. The van der Waals surface area contributed by atoms with E-state index in [-0.39, 0.29) is 11.8 Å². The molecule has 1 N–H and O–H groups in total. The van der Waals surface area contributed by atoms with Crippen LogP contribution in [0.25, 0.3) is 0 Å². The smallest absolute Gasteiger partial charge is 0.160 e. The van der Waals surface area contributed by atoms with Gasteiger partial charge in [0.05, 0.1) is 18.8 Å². The van der Waals surface area contributed by atoms with Crippen molar-refractivity contribution in [2.45, 2.75) is 38.8 Å². The fourth-order valence-corrected chi connectivity index (χ4v) is 3.06. The fraction of sp³-hybridized carbons (Fsp3) is 0.471.